The number of methoxy groups -OCH3 is 1. The van der Waals surface area contributed by atoms with Gasteiger partial charge in [0.15, 0.2) is 0 Å². The van der Waals surface area contributed by atoms with Gasteiger partial charge >= 0.3 is 0 Å². The van der Waals surface area contributed by atoms with Gasteiger partial charge in [0, 0.05) is 17.2 Å². The number of carbonyl (C=O) groups is 1. The third-order valence-corrected chi connectivity index (χ3v) is 4.42. The third-order valence-electron chi connectivity index (χ3n) is 3.93. The van der Waals surface area contributed by atoms with Crippen LogP contribution in [0.15, 0.2) is 46.9 Å². The van der Waals surface area contributed by atoms with Gasteiger partial charge in [-0.15, -0.1) is 0 Å². The van der Waals surface area contributed by atoms with Gasteiger partial charge in [0.2, 0.25) is 5.91 Å². The van der Waals surface area contributed by atoms with Crippen molar-refractivity contribution in [3.63, 3.8) is 0 Å². The number of anilines is 1. The van der Waals surface area contributed by atoms with E-state index in [1.54, 1.807) is 12.0 Å². The maximum absolute atomic E-state index is 12.5. The van der Waals surface area contributed by atoms with Crippen LogP contribution in [-0.2, 0) is 11.2 Å². The monoisotopic (exact) mass is 345 g/mol. The van der Waals surface area contributed by atoms with E-state index >= 15 is 0 Å². The van der Waals surface area contributed by atoms with Crippen LogP contribution in [0.4, 0.5) is 5.69 Å². The second-order valence-corrected chi connectivity index (χ2v) is 6.12. The molecule has 2 aromatic rings. The standard InChI is InChI=1S/C17H16BrNO2/c1-19-16-7-6-12(18)10-14(16)15(17(19)20)9-11-4-3-5-13(8-11)21-2/h3-8,10,15H,9H2,1-2H3/t15-/m0/s1. The highest BCUT2D eigenvalue weighted by Crippen LogP contribution is 2.39. The first-order valence-corrected chi connectivity index (χ1v) is 7.59. The Morgan fingerprint density at radius 3 is 2.81 bits per heavy atom. The van der Waals surface area contributed by atoms with E-state index in [0.717, 1.165) is 27.0 Å². The molecule has 1 amide bonds. The van der Waals surface area contributed by atoms with Gasteiger partial charge < -0.3 is 9.64 Å². The molecule has 0 bridgehead atoms. The van der Waals surface area contributed by atoms with Gasteiger partial charge in [-0.1, -0.05) is 28.1 Å². The number of ether oxygens (including phenoxy) is 1. The van der Waals surface area contributed by atoms with E-state index in [2.05, 4.69) is 15.9 Å². The second-order valence-electron chi connectivity index (χ2n) is 5.21. The predicted octanol–water partition coefficient (Wildman–Crippen LogP) is 3.76. The Morgan fingerprint density at radius 1 is 1.24 bits per heavy atom. The normalized spacial score (nSPS) is 17.0. The molecule has 0 fully saturated rings. The van der Waals surface area contributed by atoms with E-state index in [1.165, 1.54) is 0 Å². The quantitative estimate of drug-likeness (QED) is 0.847. The molecule has 0 saturated heterocycles. The minimum atomic E-state index is -0.130. The minimum Gasteiger partial charge on any atom is -0.497 e. The Bertz CT molecular complexity index is 699. The molecule has 0 aromatic heterocycles. The fourth-order valence-corrected chi connectivity index (χ4v) is 3.21. The SMILES string of the molecule is COc1cccc(C[C@@H]2C(=O)N(C)c3ccc(Br)cc32)c1. The molecule has 21 heavy (non-hydrogen) atoms. The van der Waals surface area contributed by atoms with Crippen molar-refractivity contribution >= 4 is 27.5 Å². The predicted molar refractivity (Wildman–Crippen MR) is 87.0 cm³/mol. The molecule has 1 aliphatic heterocycles. The number of benzene rings is 2. The van der Waals surface area contributed by atoms with Crippen molar-refractivity contribution in [2.45, 2.75) is 12.3 Å². The average Bonchev–Trinajstić information content (AvgIpc) is 2.72. The van der Waals surface area contributed by atoms with Gasteiger partial charge in [0.25, 0.3) is 0 Å². The molecule has 0 spiro atoms. The van der Waals surface area contributed by atoms with Crippen molar-refractivity contribution in [1.29, 1.82) is 0 Å². The molecule has 0 saturated carbocycles. The van der Waals surface area contributed by atoms with Gasteiger partial charge in [-0.3, -0.25) is 4.79 Å². The summed E-state index contributed by atoms with van der Waals surface area (Å²) in [6, 6.07) is 13.9. The number of halogens is 1. The molecule has 3 rings (SSSR count). The summed E-state index contributed by atoms with van der Waals surface area (Å²) < 4.78 is 6.25. The van der Waals surface area contributed by atoms with E-state index in [-0.39, 0.29) is 11.8 Å². The molecule has 4 heteroatoms. The van der Waals surface area contributed by atoms with Crippen LogP contribution in [0.3, 0.4) is 0 Å². The zero-order valence-corrected chi connectivity index (χ0v) is 13.6. The van der Waals surface area contributed by atoms with Crippen LogP contribution < -0.4 is 9.64 Å². The van der Waals surface area contributed by atoms with E-state index in [4.69, 9.17) is 4.74 Å². The van der Waals surface area contributed by atoms with Gasteiger partial charge in [-0.25, -0.2) is 0 Å². The lowest BCUT2D eigenvalue weighted by atomic mass is 9.93. The lowest BCUT2D eigenvalue weighted by Crippen LogP contribution is -2.24. The highest BCUT2D eigenvalue weighted by atomic mass is 79.9. The van der Waals surface area contributed by atoms with Gasteiger partial charge in [-0.2, -0.15) is 0 Å². The molecule has 0 unspecified atom stereocenters. The van der Waals surface area contributed by atoms with E-state index in [1.807, 2.05) is 49.5 Å². The Labute approximate surface area is 132 Å². The summed E-state index contributed by atoms with van der Waals surface area (Å²) in [7, 11) is 3.49. The Morgan fingerprint density at radius 2 is 2.05 bits per heavy atom. The van der Waals surface area contributed by atoms with Crippen LogP contribution in [-0.4, -0.2) is 20.1 Å². The first-order valence-electron chi connectivity index (χ1n) is 6.80. The molecule has 2 aromatic carbocycles. The first kappa shape index (κ1) is 14.1. The van der Waals surface area contributed by atoms with Crippen LogP contribution in [0.25, 0.3) is 0 Å². The van der Waals surface area contributed by atoms with Crippen molar-refractivity contribution in [2.24, 2.45) is 0 Å². The summed E-state index contributed by atoms with van der Waals surface area (Å²) >= 11 is 3.49. The van der Waals surface area contributed by atoms with Gasteiger partial charge in [0.1, 0.15) is 5.75 Å². The van der Waals surface area contributed by atoms with Crippen LogP contribution in [0.2, 0.25) is 0 Å². The second kappa shape index (κ2) is 5.53. The zero-order valence-electron chi connectivity index (χ0n) is 12.0. The third kappa shape index (κ3) is 2.56. The number of hydrogen-bond acceptors (Lipinski definition) is 2. The molecular weight excluding hydrogens is 330 g/mol. The van der Waals surface area contributed by atoms with Crippen LogP contribution in [0, 0.1) is 0 Å². The fourth-order valence-electron chi connectivity index (χ4n) is 2.83. The molecular formula is C17H16BrNO2. The summed E-state index contributed by atoms with van der Waals surface area (Å²) in [4.78, 5) is 14.3. The van der Waals surface area contributed by atoms with Crippen molar-refractivity contribution < 1.29 is 9.53 Å². The smallest absolute Gasteiger partial charge is 0.234 e. The molecule has 108 valence electrons. The van der Waals surface area contributed by atoms with Crippen molar-refractivity contribution in [1.82, 2.24) is 0 Å². The Kier molecular flexibility index (Phi) is 3.72. The number of amides is 1. The molecule has 0 radical (unpaired) electrons. The molecule has 1 heterocycles. The molecule has 1 atom stereocenters. The van der Waals surface area contributed by atoms with E-state index in [0.29, 0.717) is 6.42 Å². The maximum atomic E-state index is 12.5. The summed E-state index contributed by atoms with van der Waals surface area (Å²) in [6.07, 6.45) is 0.684. The van der Waals surface area contributed by atoms with Gasteiger partial charge in [-0.05, 0) is 47.9 Å². The van der Waals surface area contributed by atoms with Crippen LogP contribution in [0.5, 0.6) is 5.75 Å². The van der Waals surface area contributed by atoms with Crippen molar-refractivity contribution in [3.05, 3.63) is 58.1 Å². The lowest BCUT2D eigenvalue weighted by Gasteiger charge is -2.12. The summed E-state index contributed by atoms with van der Waals surface area (Å²) in [5, 5.41) is 0. The molecule has 0 aliphatic carbocycles. The topological polar surface area (TPSA) is 29.5 Å². The molecule has 3 nitrogen and oxygen atoms in total. The van der Waals surface area contributed by atoms with Gasteiger partial charge in [0.05, 0.1) is 13.0 Å². The fraction of sp³-hybridized carbons (Fsp3) is 0.235. The Balaban J connectivity index is 1.95. The van der Waals surface area contributed by atoms with Crippen LogP contribution in [0.1, 0.15) is 17.0 Å². The van der Waals surface area contributed by atoms with E-state index in [9.17, 15) is 4.79 Å². The maximum Gasteiger partial charge on any atom is 0.234 e. The number of fused-ring (bicyclic) bond motifs is 1. The number of likely N-dealkylation sites (N-methyl/N-ethyl adjacent to an activating group) is 1. The highest BCUT2D eigenvalue weighted by Gasteiger charge is 2.35. The average molecular weight is 346 g/mol. The number of carbonyl (C=O) groups excluding carboxylic acids is 1. The summed E-state index contributed by atoms with van der Waals surface area (Å²) in [5.41, 5.74) is 3.18. The van der Waals surface area contributed by atoms with Crippen molar-refractivity contribution in [2.75, 3.05) is 19.1 Å². The highest BCUT2D eigenvalue weighted by molar-refractivity contribution is 9.10. The summed E-state index contributed by atoms with van der Waals surface area (Å²) in [5.74, 6) is 0.835. The Hall–Kier alpha value is -1.81. The number of nitrogens with zero attached hydrogens (tertiary/aromatic N) is 1. The molecule has 1 aliphatic rings. The summed E-state index contributed by atoms with van der Waals surface area (Å²) in [6.45, 7) is 0. The minimum absolute atomic E-state index is 0.130. The largest absolute Gasteiger partial charge is 0.497 e. The number of rotatable bonds is 3. The molecule has 0 N–H and O–H groups in total. The number of hydrogen-bond donors (Lipinski definition) is 0. The lowest BCUT2D eigenvalue weighted by molar-refractivity contribution is -0.119. The van der Waals surface area contributed by atoms with E-state index < -0.39 is 0 Å². The van der Waals surface area contributed by atoms with Crippen molar-refractivity contribution in [3.8, 4) is 5.75 Å². The zero-order chi connectivity index (χ0) is 15.0. The van der Waals surface area contributed by atoms with Crippen LogP contribution >= 0.6 is 15.9 Å². The first-order chi connectivity index (χ1) is 10.1.